The largest absolute Gasteiger partial charge is 0.320 e. The minimum absolute atomic E-state index is 0.876. The van der Waals surface area contributed by atoms with E-state index in [1.807, 2.05) is 7.05 Å². The van der Waals surface area contributed by atoms with Crippen LogP contribution in [0.4, 0.5) is 0 Å². The standard InChI is InChI=1S/C4H10NS/c1-5-3-2-4-6/h5H,2-4H2,1H3. The third kappa shape index (κ3) is 4.31. The van der Waals surface area contributed by atoms with Crippen molar-refractivity contribution in [2.24, 2.45) is 0 Å². The Morgan fingerprint density at radius 1 is 1.67 bits per heavy atom. The highest BCUT2D eigenvalue weighted by Crippen LogP contribution is 1.77. The van der Waals surface area contributed by atoms with Gasteiger partial charge in [0, 0.05) is 5.75 Å². The molecule has 0 saturated carbocycles. The van der Waals surface area contributed by atoms with Gasteiger partial charge >= 0.3 is 0 Å². The number of rotatable bonds is 3. The second-order valence-electron chi connectivity index (χ2n) is 1.16. The first kappa shape index (κ1) is 6.31. The molecule has 0 amide bonds. The van der Waals surface area contributed by atoms with E-state index in [-0.39, 0.29) is 0 Å². The SMILES string of the molecule is CNCCC[S]. The lowest BCUT2D eigenvalue weighted by molar-refractivity contribution is 0.779. The molecule has 0 fully saturated rings. The molecular weight excluding hydrogens is 94.1 g/mol. The van der Waals surface area contributed by atoms with Crippen LogP contribution in [0.1, 0.15) is 6.42 Å². The molecule has 0 aliphatic heterocycles. The molecule has 0 rings (SSSR count). The van der Waals surface area contributed by atoms with E-state index in [1.165, 1.54) is 0 Å². The van der Waals surface area contributed by atoms with Gasteiger partial charge in [-0.3, -0.25) is 0 Å². The fourth-order valence-electron chi connectivity index (χ4n) is 0.249. The molecule has 2 heteroatoms. The molecule has 37 valence electrons. The van der Waals surface area contributed by atoms with E-state index in [0.29, 0.717) is 0 Å². The van der Waals surface area contributed by atoms with E-state index in [9.17, 15) is 0 Å². The molecule has 1 N–H and O–H groups in total. The summed E-state index contributed by atoms with van der Waals surface area (Å²) in [5.41, 5.74) is 0. The molecule has 0 saturated heterocycles. The summed E-state index contributed by atoms with van der Waals surface area (Å²) in [5.74, 6) is 0.876. The Bertz CT molecular complexity index is 19.5. The van der Waals surface area contributed by atoms with Crippen molar-refractivity contribution in [3.8, 4) is 0 Å². The highest BCUT2D eigenvalue weighted by atomic mass is 32.1. The van der Waals surface area contributed by atoms with E-state index < -0.39 is 0 Å². The third-order valence-electron chi connectivity index (χ3n) is 0.571. The second kappa shape index (κ2) is 5.31. The highest BCUT2D eigenvalue weighted by Gasteiger charge is 1.74. The average molecular weight is 104 g/mol. The monoisotopic (exact) mass is 104 g/mol. The molecule has 0 aromatic carbocycles. The average Bonchev–Trinajstić information content (AvgIpc) is 1.61. The van der Waals surface area contributed by atoms with Gasteiger partial charge < -0.3 is 5.32 Å². The van der Waals surface area contributed by atoms with Gasteiger partial charge in [0.25, 0.3) is 0 Å². The van der Waals surface area contributed by atoms with E-state index in [4.69, 9.17) is 0 Å². The van der Waals surface area contributed by atoms with Crippen LogP contribution in [-0.2, 0) is 0 Å². The molecule has 0 aliphatic carbocycles. The summed E-state index contributed by atoms with van der Waals surface area (Å²) < 4.78 is 0. The van der Waals surface area contributed by atoms with E-state index in [1.54, 1.807) is 0 Å². The third-order valence-corrected chi connectivity index (χ3v) is 0.860. The quantitative estimate of drug-likeness (QED) is 0.522. The van der Waals surface area contributed by atoms with Crippen molar-refractivity contribution < 1.29 is 0 Å². The molecule has 0 atom stereocenters. The van der Waals surface area contributed by atoms with Crippen molar-refractivity contribution >= 4 is 12.6 Å². The van der Waals surface area contributed by atoms with Gasteiger partial charge in [0.1, 0.15) is 0 Å². The van der Waals surface area contributed by atoms with Crippen LogP contribution in [0.2, 0.25) is 0 Å². The van der Waals surface area contributed by atoms with Gasteiger partial charge in [-0.15, -0.1) is 0 Å². The summed E-state index contributed by atoms with van der Waals surface area (Å²) in [5, 5.41) is 3.00. The van der Waals surface area contributed by atoms with Gasteiger partial charge in [-0.25, -0.2) is 0 Å². The second-order valence-corrected chi connectivity index (χ2v) is 1.57. The van der Waals surface area contributed by atoms with Crippen molar-refractivity contribution in [3.63, 3.8) is 0 Å². The van der Waals surface area contributed by atoms with Crippen molar-refractivity contribution in [1.82, 2.24) is 5.32 Å². The molecule has 1 radical (unpaired) electrons. The van der Waals surface area contributed by atoms with Gasteiger partial charge in [-0.2, -0.15) is 0 Å². The summed E-state index contributed by atoms with van der Waals surface area (Å²) >= 11 is 4.68. The van der Waals surface area contributed by atoms with Crippen LogP contribution in [0.3, 0.4) is 0 Å². The van der Waals surface area contributed by atoms with Gasteiger partial charge in [0.15, 0.2) is 0 Å². The smallest absolute Gasteiger partial charge is 0.00490 e. The lowest BCUT2D eigenvalue weighted by Crippen LogP contribution is -2.07. The van der Waals surface area contributed by atoms with E-state index >= 15 is 0 Å². The maximum absolute atomic E-state index is 4.68. The van der Waals surface area contributed by atoms with Crippen LogP contribution < -0.4 is 5.32 Å². The van der Waals surface area contributed by atoms with Crippen molar-refractivity contribution in [2.45, 2.75) is 6.42 Å². The highest BCUT2D eigenvalue weighted by molar-refractivity contribution is 7.80. The van der Waals surface area contributed by atoms with Crippen LogP contribution in [0.15, 0.2) is 0 Å². The Hall–Kier alpha value is 0.310. The Labute approximate surface area is 44.5 Å². The predicted molar refractivity (Wildman–Crippen MR) is 31.0 cm³/mol. The first-order valence-corrected chi connectivity index (χ1v) is 2.72. The fraction of sp³-hybridized carbons (Fsp3) is 1.00. The first-order valence-electron chi connectivity index (χ1n) is 2.14. The maximum atomic E-state index is 4.68. The Balaban J connectivity index is 2.34. The van der Waals surface area contributed by atoms with Crippen LogP contribution in [0.25, 0.3) is 0 Å². The van der Waals surface area contributed by atoms with Crippen LogP contribution in [-0.4, -0.2) is 19.3 Å². The van der Waals surface area contributed by atoms with Crippen molar-refractivity contribution in [2.75, 3.05) is 19.3 Å². The molecular formula is C4H10NS. The lowest BCUT2D eigenvalue weighted by atomic mass is 10.5. The first-order chi connectivity index (χ1) is 2.91. The molecule has 0 aromatic heterocycles. The molecule has 0 spiro atoms. The summed E-state index contributed by atoms with van der Waals surface area (Å²) in [6, 6.07) is 0. The van der Waals surface area contributed by atoms with E-state index in [2.05, 4.69) is 17.9 Å². The van der Waals surface area contributed by atoms with Gasteiger partial charge in [-0.05, 0) is 20.0 Å². The summed E-state index contributed by atoms with van der Waals surface area (Å²) in [7, 11) is 1.94. The lowest BCUT2D eigenvalue weighted by Gasteiger charge is -1.88. The molecule has 0 aromatic rings. The van der Waals surface area contributed by atoms with Gasteiger partial charge in [-0.1, -0.05) is 12.6 Å². The van der Waals surface area contributed by atoms with E-state index in [0.717, 1.165) is 18.7 Å². The number of hydrogen-bond donors (Lipinski definition) is 1. The molecule has 0 unspecified atom stereocenters. The normalized spacial score (nSPS) is 9.00. The molecule has 0 bridgehead atoms. The number of nitrogens with one attached hydrogen (secondary N) is 1. The zero-order valence-corrected chi connectivity index (χ0v) is 4.85. The maximum Gasteiger partial charge on any atom is 0.00490 e. The fourth-order valence-corrected chi connectivity index (χ4v) is 0.393. The van der Waals surface area contributed by atoms with Gasteiger partial charge in [0.2, 0.25) is 0 Å². The Morgan fingerprint density at radius 2 is 2.33 bits per heavy atom. The summed E-state index contributed by atoms with van der Waals surface area (Å²) in [6.07, 6.45) is 1.12. The molecule has 6 heavy (non-hydrogen) atoms. The van der Waals surface area contributed by atoms with Crippen LogP contribution >= 0.6 is 12.6 Å². The predicted octanol–water partition coefficient (Wildman–Crippen LogP) is 0.793. The number of hydrogen-bond acceptors (Lipinski definition) is 1. The topological polar surface area (TPSA) is 12.0 Å². The molecule has 0 aliphatic rings. The summed E-state index contributed by atoms with van der Waals surface area (Å²) in [4.78, 5) is 0. The van der Waals surface area contributed by atoms with Crippen molar-refractivity contribution in [3.05, 3.63) is 0 Å². The molecule has 0 heterocycles. The minimum Gasteiger partial charge on any atom is -0.320 e. The minimum atomic E-state index is 0.876. The van der Waals surface area contributed by atoms with Crippen molar-refractivity contribution in [1.29, 1.82) is 0 Å². The van der Waals surface area contributed by atoms with Gasteiger partial charge in [0.05, 0.1) is 0 Å². The van der Waals surface area contributed by atoms with Crippen LogP contribution in [0.5, 0.6) is 0 Å². The Kier molecular flexibility index (Phi) is 5.58. The van der Waals surface area contributed by atoms with Crippen LogP contribution in [0, 0.1) is 0 Å². The zero-order valence-electron chi connectivity index (χ0n) is 4.03. The summed E-state index contributed by atoms with van der Waals surface area (Å²) in [6.45, 7) is 1.06. The zero-order chi connectivity index (χ0) is 4.83. The molecule has 1 nitrogen and oxygen atoms in total. The Morgan fingerprint density at radius 3 is 2.50 bits per heavy atom.